The fraction of sp³-hybridized carbons (Fsp3) is 0.346. The summed E-state index contributed by atoms with van der Waals surface area (Å²) in [6, 6.07) is 18.5. The van der Waals surface area contributed by atoms with Gasteiger partial charge in [-0.15, -0.1) is 0 Å². The van der Waals surface area contributed by atoms with Gasteiger partial charge in [0.05, 0.1) is 15.6 Å². The van der Waals surface area contributed by atoms with Gasteiger partial charge in [-0.3, -0.25) is 0 Å². The molecule has 3 nitrogen and oxygen atoms in total. The summed E-state index contributed by atoms with van der Waals surface area (Å²) >= 11 is 12.5. The van der Waals surface area contributed by atoms with Gasteiger partial charge in [-0.2, -0.15) is 13.2 Å². The zero-order valence-electron chi connectivity index (χ0n) is 18.7. The van der Waals surface area contributed by atoms with Crippen LogP contribution in [0.25, 0.3) is 0 Å². The molecule has 1 N–H and O–H groups in total. The van der Waals surface area contributed by atoms with Crippen LogP contribution in [-0.4, -0.2) is 30.7 Å². The highest BCUT2D eigenvalue weighted by Crippen LogP contribution is 2.38. The zero-order chi connectivity index (χ0) is 24.3. The van der Waals surface area contributed by atoms with E-state index in [1.807, 2.05) is 43.3 Å². The average Bonchev–Trinajstić information content (AvgIpc) is 3.31. The van der Waals surface area contributed by atoms with Crippen LogP contribution in [-0.2, 0) is 12.6 Å². The summed E-state index contributed by atoms with van der Waals surface area (Å²) in [6.45, 7) is 4.18. The molecule has 0 amide bonds. The minimum atomic E-state index is -4.42. The minimum Gasteiger partial charge on any atom is -0.353 e. The van der Waals surface area contributed by atoms with E-state index in [2.05, 4.69) is 27.3 Å². The highest BCUT2D eigenvalue weighted by atomic mass is 35.5. The number of benzene rings is 2. The predicted octanol–water partition coefficient (Wildman–Crippen LogP) is 6.85. The van der Waals surface area contributed by atoms with Crippen LogP contribution in [0, 0.1) is 5.92 Å². The van der Waals surface area contributed by atoms with Gasteiger partial charge >= 0.3 is 6.18 Å². The van der Waals surface area contributed by atoms with Crippen LogP contribution >= 0.6 is 23.2 Å². The highest BCUT2D eigenvalue weighted by molar-refractivity contribution is 6.42. The third-order valence-electron chi connectivity index (χ3n) is 6.53. The molecule has 0 spiro atoms. The Bertz CT molecular complexity index is 1090. The lowest BCUT2D eigenvalue weighted by Crippen LogP contribution is -2.45. The Kier molecular flexibility index (Phi) is 7.70. The Morgan fingerprint density at radius 1 is 1.03 bits per heavy atom. The first-order valence-corrected chi connectivity index (χ1v) is 12.0. The predicted molar refractivity (Wildman–Crippen MR) is 132 cm³/mol. The van der Waals surface area contributed by atoms with Crippen molar-refractivity contribution in [2.24, 2.45) is 5.92 Å². The van der Waals surface area contributed by atoms with Crippen molar-refractivity contribution >= 4 is 29.0 Å². The first kappa shape index (κ1) is 24.8. The van der Waals surface area contributed by atoms with Crippen LogP contribution in [0.15, 0.2) is 66.9 Å². The van der Waals surface area contributed by atoms with Gasteiger partial charge in [0.15, 0.2) is 0 Å². The third-order valence-corrected chi connectivity index (χ3v) is 7.26. The fourth-order valence-corrected chi connectivity index (χ4v) is 5.16. The normalized spacial score (nSPS) is 19.2. The number of hydrogen-bond donors (Lipinski definition) is 1. The van der Waals surface area contributed by atoms with Crippen molar-refractivity contribution in [2.45, 2.75) is 31.5 Å². The van der Waals surface area contributed by atoms with Crippen LogP contribution in [0.4, 0.5) is 19.0 Å². The number of hydrogen-bond acceptors (Lipinski definition) is 3. The van der Waals surface area contributed by atoms with E-state index in [4.69, 9.17) is 23.2 Å². The van der Waals surface area contributed by atoms with E-state index in [9.17, 15) is 13.2 Å². The van der Waals surface area contributed by atoms with Crippen molar-refractivity contribution in [1.29, 1.82) is 0 Å². The number of halogens is 5. The monoisotopic (exact) mass is 507 g/mol. The summed E-state index contributed by atoms with van der Waals surface area (Å²) in [5.41, 5.74) is 1.51. The Hall–Kier alpha value is -2.28. The molecule has 0 bridgehead atoms. The van der Waals surface area contributed by atoms with E-state index in [0.717, 1.165) is 42.9 Å². The van der Waals surface area contributed by atoms with Crippen LogP contribution in [0.2, 0.25) is 10.0 Å². The largest absolute Gasteiger partial charge is 0.417 e. The summed E-state index contributed by atoms with van der Waals surface area (Å²) in [5, 5.41) is 4.54. The standard InChI is InChI=1S/C26H26Cl2F3N3/c1-2-34(25-11-9-19(14-33-25)26(29,30)31)24(12-17-6-4-3-5-7-17)21-16-32-15-20(21)18-8-10-22(27)23(28)13-18/h3-11,13-14,20-21,24,32H,2,12,15-16H2,1H3. The van der Waals surface area contributed by atoms with Crippen LogP contribution in [0.3, 0.4) is 0 Å². The molecule has 0 aliphatic carbocycles. The summed E-state index contributed by atoms with van der Waals surface area (Å²) in [7, 11) is 0. The Balaban J connectivity index is 1.71. The van der Waals surface area contributed by atoms with Gasteiger partial charge in [-0.25, -0.2) is 4.98 Å². The molecular weight excluding hydrogens is 482 g/mol. The van der Waals surface area contributed by atoms with E-state index in [1.165, 1.54) is 6.07 Å². The lowest BCUT2D eigenvalue weighted by Gasteiger charge is -2.38. The number of rotatable bonds is 7. The van der Waals surface area contributed by atoms with Crippen molar-refractivity contribution in [3.05, 3.63) is 93.6 Å². The number of nitrogens with one attached hydrogen (secondary N) is 1. The molecule has 180 valence electrons. The quantitative estimate of drug-likeness (QED) is 0.379. The van der Waals surface area contributed by atoms with Crippen LogP contribution < -0.4 is 10.2 Å². The maximum Gasteiger partial charge on any atom is 0.417 e. The second-order valence-electron chi connectivity index (χ2n) is 8.55. The third kappa shape index (κ3) is 5.51. The van der Waals surface area contributed by atoms with Crippen molar-refractivity contribution in [1.82, 2.24) is 10.3 Å². The SMILES string of the molecule is CCN(c1ccc(C(F)(F)F)cn1)C(Cc1ccccc1)C1CNCC1c1ccc(Cl)c(Cl)c1. The summed E-state index contributed by atoms with van der Waals surface area (Å²) in [6.07, 6.45) is -2.76. The summed E-state index contributed by atoms with van der Waals surface area (Å²) in [4.78, 5) is 6.34. The van der Waals surface area contributed by atoms with E-state index < -0.39 is 11.7 Å². The minimum absolute atomic E-state index is 0.00564. The second kappa shape index (κ2) is 10.5. The molecule has 8 heteroatoms. The molecule has 2 aromatic carbocycles. The van der Waals surface area contributed by atoms with Gasteiger partial charge < -0.3 is 10.2 Å². The van der Waals surface area contributed by atoms with Gasteiger partial charge in [-0.05, 0) is 48.7 Å². The first-order valence-electron chi connectivity index (χ1n) is 11.3. The number of pyridine rings is 1. The second-order valence-corrected chi connectivity index (χ2v) is 9.36. The fourth-order valence-electron chi connectivity index (χ4n) is 4.85. The molecule has 1 aliphatic heterocycles. The molecule has 1 aliphatic rings. The molecule has 1 fully saturated rings. The maximum atomic E-state index is 13.1. The lowest BCUT2D eigenvalue weighted by atomic mass is 9.80. The topological polar surface area (TPSA) is 28.2 Å². The lowest BCUT2D eigenvalue weighted by molar-refractivity contribution is -0.137. The van der Waals surface area contributed by atoms with Crippen LogP contribution in [0.1, 0.15) is 29.5 Å². The summed E-state index contributed by atoms with van der Waals surface area (Å²) in [5.74, 6) is 0.893. The Labute approximate surface area is 207 Å². The van der Waals surface area contributed by atoms with Gasteiger partial charge in [-0.1, -0.05) is 59.6 Å². The van der Waals surface area contributed by atoms with Gasteiger partial charge in [0.2, 0.25) is 0 Å². The maximum absolute atomic E-state index is 13.1. The number of aromatic nitrogens is 1. The Morgan fingerprint density at radius 3 is 2.41 bits per heavy atom. The zero-order valence-corrected chi connectivity index (χ0v) is 20.2. The number of anilines is 1. The molecule has 1 saturated heterocycles. The van der Waals surface area contributed by atoms with Crippen molar-refractivity contribution in [3.8, 4) is 0 Å². The number of nitrogens with zero attached hydrogens (tertiary/aromatic N) is 2. The Morgan fingerprint density at radius 2 is 1.79 bits per heavy atom. The highest BCUT2D eigenvalue weighted by Gasteiger charge is 2.38. The van der Waals surface area contributed by atoms with Crippen molar-refractivity contribution < 1.29 is 13.2 Å². The molecule has 34 heavy (non-hydrogen) atoms. The van der Waals surface area contributed by atoms with E-state index >= 15 is 0 Å². The van der Waals surface area contributed by atoms with Crippen molar-refractivity contribution in [2.75, 3.05) is 24.5 Å². The number of likely N-dealkylation sites (N-methyl/N-ethyl adjacent to an activating group) is 1. The molecule has 3 unspecified atom stereocenters. The molecule has 0 saturated carbocycles. The first-order chi connectivity index (χ1) is 16.3. The van der Waals surface area contributed by atoms with Gasteiger partial charge in [0.25, 0.3) is 0 Å². The van der Waals surface area contributed by atoms with E-state index in [-0.39, 0.29) is 17.9 Å². The smallest absolute Gasteiger partial charge is 0.353 e. The van der Waals surface area contributed by atoms with Gasteiger partial charge in [0, 0.05) is 43.7 Å². The average molecular weight is 508 g/mol. The van der Waals surface area contributed by atoms with Crippen LogP contribution in [0.5, 0.6) is 0 Å². The van der Waals surface area contributed by atoms with Crippen molar-refractivity contribution in [3.63, 3.8) is 0 Å². The molecule has 3 atom stereocenters. The molecule has 2 heterocycles. The van der Waals surface area contributed by atoms with E-state index in [1.54, 1.807) is 0 Å². The molecule has 4 rings (SSSR count). The van der Waals surface area contributed by atoms with Gasteiger partial charge in [0.1, 0.15) is 5.82 Å². The molecule has 1 aromatic heterocycles. The molecule has 3 aromatic rings. The molecule has 0 radical (unpaired) electrons. The molecular formula is C26H26Cl2F3N3. The summed E-state index contributed by atoms with van der Waals surface area (Å²) < 4.78 is 39.3. The number of alkyl halides is 3. The van der Waals surface area contributed by atoms with E-state index in [0.29, 0.717) is 22.4 Å².